The van der Waals surface area contributed by atoms with Crippen molar-refractivity contribution < 1.29 is 9.63 Å². The summed E-state index contributed by atoms with van der Waals surface area (Å²) in [5, 5.41) is 8.96. The highest BCUT2D eigenvalue weighted by atomic mass is 16.7. The van der Waals surface area contributed by atoms with Crippen LogP contribution < -0.4 is 5.32 Å². The molecule has 0 aromatic carbocycles. The first-order valence-electron chi connectivity index (χ1n) is 5.33. The average Bonchev–Trinajstić information content (AvgIpc) is 2.59. The molecule has 0 fully saturated rings. The number of nitrogens with zero attached hydrogens (tertiary/aromatic N) is 3. The number of fused-ring (bicyclic) bond motifs is 3. The highest BCUT2D eigenvalue weighted by Crippen LogP contribution is 2.21. The Morgan fingerprint density at radius 2 is 2.44 bits per heavy atom. The predicted molar refractivity (Wildman–Crippen MR) is 55.1 cm³/mol. The van der Waals surface area contributed by atoms with Crippen LogP contribution in [-0.2, 0) is 24.3 Å². The maximum Gasteiger partial charge on any atom is 0.295 e. The molecular weight excluding hydrogens is 208 g/mol. The molecule has 1 radical (unpaired) electrons. The van der Waals surface area contributed by atoms with E-state index in [1.807, 2.05) is 0 Å². The molecule has 0 aliphatic carbocycles. The SMILES string of the molecule is CN1O[CH]Cn2nc3c(c2C1=O)CNCC3. The van der Waals surface area contributed by atoms with Crippen molar-refractivity contribution in [3.05, 3.63) is 23.6 Å². The predicted octanol–water partition coefficient (Wildman–Crippen LogP) is -0.292. The molecule has 1 aromatic heterocycles. The third-order valence-corrected chi connectivity index (χ3v) is 2.94. The largest absolute Gasteiger partial charge is 0.312 e. The van der Waals surface area contributed by atoms with Crippen LogP contribution in [0.25, 0.3) is 0 Å². The van der Waals surface area contributed by atoms with E-state index >= 15 is 0 Å². The second-order valence-corrected chi connectivity index (χ2v) is 3.96. The number of amides is 1. The zero-order chi connectivity index (χ0) is 11.1. The highest BCUT2D eigenvalue weighted by Gasteiger charge is 2.29. The van der Waals surface area contributed by atoms with Crippen molar-refractivity contribution in [2.75, 3.05) is 13.6 Å². The van der Waals surface area contributed by atoms with Crippen LogP contribution >= 0.6 is 0 Å². The number of hydroxylamine groups is 2. The number of nitrogens with one attached hydrogen (secondary N) is 1. The summed E-state index contributed by atoms with van der Waals surface area (Å²) in [6, 6.07) is 0. The van der Waals surface area contributed by atoms with Crippen molar-refractivity contribution >= 4 is 5.91 Å². The van der Waals surface area contributed by atoms with Crippen LogP contribution in [0.2, 0.25) is 0 Å². The smallest absolute Gasteiger partial charge is 0.295 e. The minimum absolute atomic E-state index is 0.133. The summed E-state index contributed by atoms with van der Waals surface area (Å²) in [5.74, 6) is -0.133. The Morgan fingerprint density at radius 1 is 1.56 bits per heavy atom. The molecule has 1 amide bonds. The lowest BCUT2D eigenvalue weighted by atomic mass is 10.1. The second kappa shape index (κ2) is 3.57. The maximum absolute atomic E-state index is 12.1. The molecule has 6 heteroatoms. The summed E-state index contributed by atoms with van der Waals surface area (Å²) in [5.41, 5.74) is 2.70. The van der Waals surface area contributed by atoms with Gasteiger partial charge < -0.3 is 5.32 Å². The first kappa shape index (κ1) is 9.80. The molecule has 1 aromatic rings. The lowest BCUT2D eigenvalue weighted by Gasteiger charge is -2.15. The number of aromatic nitrogens is 2. The van der Waals surface area contributed by atoms with Crippen molar-refractivity contribution in [2.24, 2.45) is 0 Å². The number of carbonyl (C=O) groups excluding carboxylic acids is 1. The van der Waals surface area contributed by atoms with E-state index in [2.05, 4.69) is 10.4 Å². The summed E-state index contributed by atoms with van der Waals surface area (Å²) in [6.45, 7) is 3.73. The van der Waals surface area contributed by atoms with Crippen LogP contribution in [0.4, 0.5) is 0 Å². The fraction of sp³-hybridized carbons (Fsp3) is 0.500. The summed E-state index contributed by atoms with van der Waals surface area (Å²) in [4.78, 5) is 17.2. The Kier molecular flexibility index (Phi) is 2.19. The second-order valence-electron chi connectivity index (χ2n) is 3.96. The maximum atomic E-state index is 12.1. The van der Waals surface area contributed by atoms with Gasteiger partial charge in [-0.15, -0.1) is 0 Å². The lowest BCUT2D eigenvalue weighted by molar-refractivity contribution is -0.0717. The van der Waals surface area contributed by atoms with E-state index in [1.54, 1.807) is 18.3 Å². The first-order valence-corrected chi connectivity index (χ1v) is 5.33. The molecule has 6 nitrogen and oxygen atoms in total. The number of carbonyl (C=O) groups is 1. The van der Waals surface area contributed by atoms with Crippen molar-refractivity contribution in [1.29, 1.82) is 0 Å². The van der Waals surface area contributed by atoms with E-state index < -0.39 is 0 Å². The zero-order valence-corrected chi connectivity index (χ0v) is 9.06. The monoisotopic (exact) mass is 221 g/mol. The van der Waals surface area contributed by atoms with Gasteiger partial charge in [-0.2, -0.15) is 5.10 Å². The van der Waals surface area contributed by atoms with Crippen LogP contribution in [0.5, 0.6) is 0 Å². The fourth-order valence-corrected chi connectivity index (χ4v) is 2.14. The van der Waals surface area contributed by atoms with Gasteiger partial charge in [0.05, 0.1) is 12.2 Å². The molecule has 0 saturated carbocycles. The van der Waals surface area contributed by atoms with E-state index in [9.17, 15) is 4.79 Å². The molecule has 16 heavy (non-hydrogen) atoms. The minimum atomic E-state index is -0.133. The molecule has 2 aliphatic rings. The normalized spacial score (nSPS) is 20.3. The van der Waals surface area contributed by atoms with Gasteiger partial charge in [0, 0.05) is 32.1 Å². The topological polar surface area (TPSA) is 59.4 Å². The molecule has 1 N–H and O–H groups in total. The summed E-state index contributed by atoms with van der Waals surface area (Å²) in [7, 11) is 1.62. The molecule has 85 valence electrons. The molecule has 0 spiro atoms. The van der Waals surface area contributed by atoms with Gasteiger partial charge in [0.2, 0.25) is 0 Å². The molecule has 3 heterocycles. The Bertz CT molecular complexity index is 440. The fourth-order valence-electron chi connectivity index (χ4n) is 2.14. The molecule has 0 atom stereocenters. The van der Waals surface area contributed by atoms with Crippen LogP contribution in [0.15, 0.2) is 0 Å². The minimum Gasteiger partial charge on any atom is -0.312 e. The molecule has 0 unspecified atom stereocenters. The van der Waals surface area contributed by atoms with Crippen molar-refractivity contribution in [3.8, 4) is 0 Å². The molecular formula is C10H13N4O2. The Balaban J connectivity index is 2.12. The van der Waals surface area contributed by atoms with Gasteiger partial charge in [-0.25, -0.2) is 5.06 Å². The number of rotatable bonds is 0. The standard InChI is InChI=1S/C10H13N4O2/c1-13-10(15)9-7-6-11-3-2-8(7)12-14(9)4-5-16-13/h5,11H,2-4,6H2,1H3. The molecule has 0 saturated heterocycles. The highest BCUT2D eigenvalue weighted by molar-refractivity contribution is 5.93. The van der Waals surface area contributed by atoms with Gasteiger partial charge in [0.25, 0.3) is 5.91 Å². The van der Waals surface area contributed by atoms with Gasteiger partial charge in [-0.1, -0.05) is 0 Å². The zero-order valence-electron chi connectivity index (χ0n) is 9.06. The van der Waals surface area contributed by atoms with E-state index in [0.717, 1.165) is 24.2 Å². The lowest BCUT2D eigenvalue weighted by Crippen LogP contribution is -2.29. The van der Waals surface area contributed by atoms with Gasteiger partial charge in [-0.3, -0.25) is 14.3 Å². The number of hydrogen-bond donors (Lipinski definition) is 1. The average molecular weight is 221 g/mol. The van der Waals surface area contributed by atoms with Crippen molar-refractivity contribution in [2.45, 2.75) is 19.5 Å². The van der Waals surface area contributed by atoms with Gasteiger partial charge in [-0.05, 0) is 0 Å². The van der Waals surface area contributed by atoms with E-state index in [-0.39, 0.29) is 5.91 Å². The van der Waals surface area contributed by atoms with Crippen LogP contribution in [0.1, 0.15) is 21.7 Å². The summed E-state index contributed by atoms with van der Waals surface area (Å²) < 4.78 is 1.73. The van der Waals surface area contributed by atoms with Crippen LogP contribution in [0.3, 0.4) is 0 Å². The Labute approximate surface area is 93.1 Å². The van der Waals surface area contributed by atoms with Crippen LogP contribution in [0, 0.1) is 6.61 Å². The van der Waals surface area contributed by atoms with E-state index in [4.69, 9.17) is 4.84 Å². The van der Waals surface area contributed by atoms with Gasteiger partial charge in [0.15, 0.2) is 0 Å². The third-order valence-electron chi connectivity index (χ3n) is 2.94. The van der Waals surface area contributed by atoms with Crippen molar-refractivity contribution in [3.63, 3.8) is 0 Å². The molecule has 0 bridgehead atoms. The summed E-state index contributed by atoms with van der Waals surface area (Å²) in [6.07, 6.45) is 0.882. The van der Waals surface area contributed by atoms with E-state index in [1.165, 1.54) is 5.06 Å². The van der Waals surface area contributed by atoms with E-state index in [0.29, 0.717) is 18.8 Å². The van der Waals surface area contributed by atoms with Crippen molar-refractivity contribution in [1.82, 2.24) is 20.2 Å². The quantitative estimate of drug-likeness (QED) is 0.654. The number of hydrogen-bond acceptors (Lipinski definition) is 4. The molecule has 3 rings (SSSR count). The first-order chi connectivity index (χ1) is 7.77. The Hall–Kier alpha value is -1.40. The van der Waals surface area contributed by atoms with Gasteiger partial charge >= 0.3 is 0 Å². The third kappa shape index (κ3) is 1.34. The van der Waals surface area contributed by atoms with Gasteiger partial charge in [0.1, 0.15) is 12.3 Å². The van der Waals surface area contributed by atoms with Crippen LogP contribution in [-0.4, -0.2) is 34.3 Å². The Morgan fingerprint density at radius 3 is 3.31 bits per heavy atom. The summed E-state index contributed by atoms with van der Waals surface area (Å²) >= 11 is 0. The molecule has 2 aliphatic heterocycles.